The monoisotopic (exact) mass is 327 g/mol. The van der Waals surface area contributed by atoms with Crippen LogP contribution in [0.4, 0.5) is 0 Å². The number of rotatable bonds is 2. The minimum absolute atomic E-state index is 0.203. The molecule has 0 aliphatic carbocycles. The molecule has 0 saturated heterocycles. The molecule has 2 aromatic carbocycles. The third kappa shape index (κ3) is 2.35. The maximum absolute atomic E-state index is 12.2. The van der Waals surface area contributed by atoms with Crippen LogP contribution >= 0.6 is 11.6 Å². The van der Waals surface area contributed by atoms with Gasteiger partial charge in [-0.1, -0.05) is 11.6 Å². The molecule has 2 aromatic heterocycles. The lowest BCUT2D eigenvalue weighted by atomic mass is 10.2. The molecule has 0 atom stereocenters. The van der Waals surface area contributed by atoms with Gasteiger partial charge in [0.25, 0.3) is 0 Å². The van der Waals surface area contributed by atoms with E-state index in [4.69, 9.17) is 25.2 Å². The van der Waals surface area contributed by atoms with E-state index in [2.05, 4.69) is 4.98 Å². The summed E-state index contributed by atoms with van der Waals surface area (Å²) in [5.41, 5.74) is 1.32. The van der Waals surface area contributed by atoms with Crippen LogP contribution in [0.25, 0.3) is 33.5 Å². The van der Waals surface area contributed by atoms with Gasteiger partial charge in [0.1, 0.15) is 22.4 Å². The van der Waals surface area contributed by atoms with Gasteiger partial charge in [-0.05, 0) is 36.4 Å². The van der Waals surface area contributed by atoms with Crippen molar-refractivity contribution >= 4 is 33.7 Å². The van der Waals surface area contributed by atoms with Crippen LogP contribution in [-0.4, -0.2) is 12.1 Å². The Morgan fingerprint density at radius 2 is 1.91 bits per heavy atom. The fourth-order valence-electron chi connectivity index (χ4n) is 2.38. The predicted octanol–water partition coefficient (Wildman–Crippen LogP) is 4.26. The number of hydrogen-bond acceptors (Lipinski definition) is 5. The quantitative estimate of drug-likeness (QED) is 0.514. The molecule has 4 aromatic rings. The molecule has 4 rings (SSSR count). The SMILES string of the molecule is COc1ccc2cc(-c3nc4cc(Cl)ccc4o3)c(=O)oc2c1. The summed E-state index contributed by atoms with van der Waals surface area (Å²) >= 11 is 5.94. The largest absolute Gasteiger partial charge is 0.497 e. The number of fused-ring (bicyclic) bond motifs is 2. The average Bonchev–Trinajstić information content (AvgIpc) is 2.96. The Kier molecular flexibility index (Phi) is 3.09. The Morgan fingerprint density at radius 1 is 1.04 bits per heavy atom. The van der Waals surface area contributed by atoms with Crippen LogP contribution in [-0.2, 0) is 0 Å². The Morgan fingerprint density at radius 3 is 2.74 bits per heavy atom. The maximum Gasteiger partial charge on any atom is 0.349 e. The molecule has 5 nitrogen and oxygen atoms in total. The fourth-order valence-corrected chi connectivity index (χ4v) is 2.55. The molecule has 0 aliphatic heterocycles. The Labute approximate surface area is 135 Å². The lowest BCUT2D eigenvalue weighted by Gasteiger charge is -2.02. The minimum atomic E-state index is -0.525. The second-order valence-electron chi connectivity index (χ2n) is 4.98. The summed E-state index contributed by atoms with van der Waals surface area (Å²) in [5, 5.41) is 1.30. The molecule has 0 saturated carbocycles. The number of hydrogen-bond donors (Lipinski definition) is 0. The van der Waals surface area contributed by atoms with Crippen LogP contribution in [0.5, 0.6) is 5.75 Å². The molecule has 2 heterocycles. The lowest BCUT2D eigenvalue weighted by Crippen LogP contribution is -2.02. The number of aromatic nitrogens is 1. The highest BCUT2D eigenvalue weighted by Gasteiger charge is 2.15. The van der Waals surface area contributed by atoms with Crippen LogP contribution in [0.1, 0.15) is 0 Å². The molecule has 114 valence electrons. The fraction of sp³-hybridized carbons (Fsp3) is 0.0588. The topological polar surface area (TPSA) is 65.5 Å². The van der Waals surface area contributed by atoms with Crippen LogP contribution in [0, 0.1) is 0 Å². The van der Waals surface area contributed by atoms with E-state index in [1.165, 1.54) is 0 Å². The summed E-state index contributed by atoms with van der Waals surface area (Å²) in [6.07, 6.45) is 0. The number of benzene rings is 2. The van der Waals surface area contributed by atoms with Crippen molar-refractivity contribution in [1.82, 2.24) is 4.98 Å². The number of nitrogens with zero attached hydrogens (tertiary/aromatic N) is 1. The van der Waals surface area contributed by atoms with Crippen molar-refractivity contribution in [2.45, 2.75) is 0 Å². The van der Waals surface area contributed by atoms with Crippen molar-refractivity contribution < 1.29 is 13.6 Å². The molecule has 0 N–H and O–H groups in total. The number of methoxy groups -OCH3 is 1. The standard InChI is InChI=1S/C17H10ClNO4/c1-21-11-4-2-9-6-12(17(20)23-15(9)8-11)16-19-13-7-10(18)3-5-14(13)22-16/h2-8H,1H3. The predicted molar refractivity (Wildman–Crippen MR) is 87.0 cm³/mol. The summed E-state index contributed by atoms with van der Waals surface area (Å²) in [6.45, 7) is 0. The van der Waals surface area contributed by atoms with Gasteiger partial charge in [0.2, 0.25) is 5.89 Å². The first-order chi connectivity index (χ1) is 11.1. The van der Waals surface area contributed by atoms with Gasteiger partial charge in [-0.15, -0.1) is 0 Å². The smallest absolute Gasteiger partial charge is 0.349 e. The summed E-state index contributed by atoms with van der Waals surface area (Å²) in [4.78, 5) is 16.6. The normalized spacial score (nSPS) is 11.2. The zero-order valence-electron chi connectivity index (χ0n) is 12.0. The third-order valence-electron chi connectivity index (χ3n) is 3.52. The van der Waals surface area contributed by atoms with E-state index in [-0.39, 0.29) is 11.5 Å². The minimum Gasteiger partial charge on any atom is -0.497 e. The second kappa shape index (κ2) is 5.14. The molecule has 0 fully saturated rings. The molecule has 23 heavy (non-hydrogen) atoms. The van der Waals surface area contributed by atoms with Gasteiger partial charge >= 0.3 is 5.63 Å². The van der Waals surface area contributed by atoms with Gasteiger partial charge in [-0.3, -0.25) is 0 Å². The van der Waals surface area contributed by atoms with Crippen molar-refractivity contribution in [3.63, 3.8) is 0 Å². The van der Waals surface area contributed by atoms with Gasteiger partial charge in [-0.25, -0.2) is 9.78 Å². The number of halogens is 1. The van der Waals surface area contributed by atoms with E-state index in [1.807, 2.05) is 0 Å². The van der Waals surface area contributed by atoms with Crippen molar-refractivity contribution in [3.05, 3.63) is 57.9 Å². The third-order valence-corrected chi connectivity index (χ3v) is 3.76. The molecule has 0 amide bonds. The first-order valence-corrected chi connectivity index (χ1v) is 7.20. The van der Waals surface area contributed by atoms with E-state index < -0.39 is 5.63 Å². The highest BCUT2D eigenvalue weighted by molar-refractivity contribution is 6.31. The number of ether oxygens (including phenoxy) is 1. The molecule has 0 unspecified atom stereocenters. The highest BCUT2D eigenvalue weighted by Crippen LogP contribution is 2.27. The molecule has 0 aliphatic rings. The highest BCUT2D eigenvalue weighted by atomic mass is 35.5. The molecule has 0 radical (unpaired) electrons. The molecular weight excluding hydrogens is 318 g/mol. The molecule has 6 heteroatoms. The summed E-state index contributed by atoms with van der Waals surface area (Å²) < 4.78 is 16.1. The van der Waals surface area contributed by atoms with Crippen molar-refractivity contribution in [2.24, 2.45) is 0 Å². The Bertz CT molecular complexity index is 1100. The number of oxazole rings is 1. The van der Waals surface area contributed by atoms with Crippen LogP contribution < -0.4 is 10.4 Å². The van der Waals surface area contributed by atoms with Crippen molar-refractivity contribution in [2.75, 3.05) is 7.11 Å². The van der Waals surface area contributed by atoms with Gasteiger partial charge in [0.05, 0.1) is 7.11 Å². The van der Waals surface area contributed by atoms with Crippen LogP contribution in [0.15, 0.2) is 56.1 Å². The summed E-state index contributed by atoms with van der Waals surface area (Å²) in [7, 11) is 1.55. The zero-order valence-corrected chi connectivity index (χ0v) is 12.8. The van der Waals surface area contributed by atoms with E-state index in [0.29, 0.717) is 27.5 Å². The Hall–Kier alpha value is -2.79. The maximum atomic E-state index is 12.2. The molecule has 0 bridgehead atoms. The molecular formula is C17H10ClNO4. The summed E-state index contributed by atoms with van der Waals surface area (Å²) in [5.74, 6) is 0.818. The average molecular weight is 328 g/mol. The van der Waals surface area contributed by atoms with E-state index in [9.17, 15) is 4.79 Å². The van der Waals surface area contributed by atoms with E-state index in [1.54, 1.807) is 49.6 Å². The van der Waals surface area contributed by atoms with E-state index >= 15 is 0 Å². The van der Waals surface area contributed by atoms with Gasteiger partial charge in [0.15, 0.2) is 5.58 Å². The van der Waals surface area contributed by atoms with Crippen molar-refractivity contribution in [3.8, 4) is 17.2 Å². The van der Waals surface area contributed by atoms with Gasteiger partial charge < -0.3 is 13.6 Å². The van der Waals surface area contributed by atoms with Crippen molar-refractivity contribution in [1.29, 1.82) is 0 Å². The first kappa shape index (κ1) is 13.8. The van der Waals surface area contributed by atoms with Gasteiger partial charge in [0, 0.05) is 16.5 Å². The zero-order chi connectivity index (χ0) is 16.0. The van der Waals surface area contributed by atoms with Crippen LogP contribution in [0.2, 0.25) is 5.02 Å². The second-order valence-corrected chi connectivity index (χ2v) is 5.42. The Balaban J connectivity index is 1.92. The first-order valence-electron chi connectivity index (χ1n) is 6.82. The van der Waals surface area contributed by atoms with E-state index in [0.717, 1.165) is 5.39 Å². The molecule has 0 spiro atoms. The van der Waals surface area contributed by atoms with Gasteiger partial charge in [-0.2, -0.15) is 0 Å². The summed E-state index contributed by atoms with van der Waals surface area (Å²) in [6, 6.07) is 12.0. The van der Waals surface area contributed by atoms with Crippen LogP contribution in [0.3, 0.4) is 0 Å². The lowest BCUT2D eigenvalue weighted by molar-refractivity contribution is 0.414.